The lowest BCUT2D eigenvalue weighted by molar-refractivity contribution is -0.113. The number of aryl methyl sites for hydroxylation is 1. The molecule has 1 amide bonds. The van der Waals surface area contributed by atoms with Gasteiger partial charge in [0.2, 0.25) is 6.79 Å². The molecule has 7 heteroatoms. The molecule has 2 aliphatic rings. The molecule has 4 rings (SSSR count). The fraction of sp³-hybridized carbons (Fsp3) is 0.125. The second kappa shape index (κ2) is 5.67. The van der Waals surface area contributed by atoms with Crippen molar-refractivity contribution in [1.82, 2.24) is 0 Å². The van der Waals surface area contributed by atoms with Gasteiger partial charge in [-0.1, -0.05) is 24.0 Å². The molecule has 0 saturated carbocycles. The summed E-state index contributed by atoms with van der Waals surface area (Å²) in [6.45, 7) is 2.24. The van der Waals surface area contributed by atoms with Crippen molar-refractivity contribution < 1.29 is 14.3 Å². The van der Waals surface area contributed by atoms with Crippen LogP contribution in [-0.4, -0.2) is 17.0 Å². The first-order chi connectivity index (χ1) is 11.1. The fourth-order valence-electron chi connectivity index (χ4n) is 2.37. The average Bonchev–Trinajstić information content (AvgIpc) is 3.20. The van der Waals surface area contributed by atoms with Gasteiger partial charge in [-0.15, -0.1) is 11.3 Å². The smallest absolute Gasteiger partial charge is 0.270 e. The highest BCUT2D eigenvalue weighted by atomic mass is 32.2. The molecule has 0 spiro atoms. The number of thioether (sulfide) groups is 1. The first-order valence-corrected chi connectivity index (χ1v) is 8.90. The summed E-state index contributed by atoms with van der Waals surface area (Å²) in [6.07, 6.45) is 1.89. The molecule has 0 atom stereocenters. The molecule has 0 N–H and O–H groups in total. The van der Waals surface area contributed by atoms with Gasteiger partial charge in [-0.3, -0.25) is 9.69 Å². The van der Waals surface area contributed by atoms with E-state index < -0.39 is 0 Å². The zero-order chi connectivity index (χ0) is 16.0. The van der Waals surface area contributed by atoms with E-state index in [4.69, 9.17) is 21.7 Å². The van der Waals surface area contributed by atoms with Crippen molar-refractivity contribution in [3.05, 3.63) is 45.0 Å². The number of thiophene rings is 1. The third-order valence-electron chi connectivity index (χ3n) is 3.44. The molecule has 3 heterocycles. The number of nitrogens with zero attached hydrogens (tertiary/aromatic N) is 1. The second-order valence-electron chi connectivity index (χ2n) is 5.00. The number of hydrogen-bond acceptors (Lipinski definition) is 6. The minimum Gasteiger partial charge on any atom is -0.454 e. The Hall–Kier alpha value is -1.83. The number of benzene rings is 1. The maximum atomic E-state index is 12.7. The lowest BCUT2D eigenvalue weighted by Gasteiger charge is -2.14. The maximum Gasteiger partial charge on any atom is 0.270 e. The number of anilines is 1. The topological polar surface area (TPSA) is 38.8 Å². The van der Waals surface area contributed by atoms with Crippen LogP contribution in [0.3, 0.4) is 0 Å². The van der Waals surface area contributed by atoms with Crippen LogP contribution in [0.5, 0.6) is 11.5 Å². The van der Waals surface area contributed by atoms with E-state index in [1.807, 2.05) is 31.2 Å². The molecule has 4 nitrogen and oxygen atoms in total. The average molecular weight is 361 g/mol. The fourth-order valence-corrected chi connectivity index (χ4v) is 4.56. The summed E-state index contributed by atoms with van der Waals surface area (Å²) >= 11 is 8.35. The largest absolute Gasteiger partial charge is 0.454 e. The Morgan fingerprint density at radius 1 is 1.22 bits per heavy atom. The number of carbonyl (C=O) groups is 1. The minimum absolute atomic E-state index is 0.107. The van der Waals surface area contributed by atoms with Crippen molar-refractivity contribution >= 4 is 57.3 Å². The monoisotopic (exact) mass is 361 g/mol. The molecule has 0 radical (unpaired) electrons. The van der Waals surface area contributed by atoms with Crippen LogP contribution in [0.15, 0.2) is 35.2 Å². The molecular weight excluding hydrogens is 350 g/mol. The van der Waals surface area contributed by atoms with Gasteiger partial charge in [-0.25, -0.2) is 0 Å². The van der Waals surface area contributed by atoms with Gasteiger partial charge in [0.1, 0.15) is 0 Å². The third-order valence-corrected chi connectivity index (χ3v) is 5.69. The van der Waals surface area contributed by atoms with Gasteiger partial charge in [-0.2, -0.15) is 0 Å². The minimum atomic E-state index is -0.107. The number of fused-ring (bicyclic) bond motifs is 1. The van der Waals surface area contributed by atoms with E-state index >= 15 is 0 Å². The molecule has 0 aliphatic carbocycles. The summed E-state index contributed by atoms with van der Waals surface area (Å²) in [5.41, 5.74) is 0.697. The first-order valence-electron chi connectivity index (χ1n) is 6.86. The van der Waals surface area contributed by atoms with Gasteiger partial charge < -0.3 is 9.47 Å². The van der Waals surface area contributed by atoms with Gasteiger partial charge in [-0.05, 0) is 37.3 Å². The molecule has 1 saturated heterocycles. The van der Waals surface area contributed by atoms with Gasteiger partial charge in [0.25, 0.3) is 5.91 Å². The van der Waals surface area contributed by atoms with Crippen LogP contribution >= 0.6 is 35.3 Å². The van der Waals surface area contributed by atoms with Crippen LogP contribution in [0.2, 0.25) is 0 Å². The summed E-state index contributed by atoms with van der Waals surface area (Å²) in [5, 5.41) is 0. The predicted molar refractivity (Wildman–Crippen MR) is 97.3 cm³/mol. The van der Waals surface area contributed by atoms with Crippen molar-refractivity contribution in [2.24, 2.45) is 0 Å². The van der Waals surface area contributed by atoms with Crippen LogP contribution in [0, 0.1) is 6.92 Å². The molecule has 1 aromatic carbocycles. The molecule has 0 bridgehead atoms. The second-order valence-corrected chi connectivity index (χ2v) is 8.00. The highest BCUT2D eigenvalue weighted by Crippen LogP contribution is 2.41. The SMILES string of the molecule is Cc1ccc(/C=C2/SC(=S)N(c3ccc4c(c3)OCO4)C2=O)s1. The van der Waals surface area contributed by atoms with Gasteiger partial charge >= 0.3 is 0 Å². The lowest BCUT2D eigenvalue weighted by Crippen LogP contribution is -2.27. The Kier molecular flexibility index (Phi) is 3.63. The van der Waals surface area contributed by atoms with E-state index in [1.165, 1.54) is 21.5 Å². The number of rotatable bonds is 2. The van der Waals surface area contributed by atoms with E-state index in [0.29, 0.717) is 26.4 Å². The number of amides is 1. The Morgan fingerprint density at radius 3 is 2.83 bits per heavy atom. The van der Waals surface area contributed by atoms with Gasteiger partial charge in [0, 0.05) is 15.8 Å². The Labute approximate surface area is 146 Å². The Balaban J connectivity index is 1.66. The van der Waals surface area contributed by atoms with Gasteiger partial charge in [0.05, 0.1) is 10.6 Å². The number of thiocarbonyl (C=S) groups is 1. The van der Waals surface area contributed by atoms with Crippen LogP contribution < -0.4 is 14.4 Å². The first kappa shape index (κ1) is 14.7. The van der Waals surface area contributed by atoms with Crippen molar-refractivity contribution in [3.63, 3.8) is 0 Å². The number of hydrogen-bond donors (Lipinski definition) is 0. The van der Waals surface area contributed by atoms with Crippen molar-refractivity contribution in [1.29, 1.82) is 0 Å². The molecule has 1 fully saturated rings. The molecule has 23 heavy (non-hydrogen) atoms. The van der Waals surface area contributed by atoms with Crippen LogP contribution in [0.4, 0.5) is 5.69 Å². The van der Waals surface area contributed by atoms with Crippen LogP contribution in [0.25, 0.3) is 6.08 Å². The lowest BCUT2D eigenvalue weighted by atomic mass is 10.2. The standard InChI is InChI=1S/C16H11NO3S3/c1-9-2-4-11(22-9)7-14-15(18)17(16(21)23-14)10-3-5-12-13(6-10)20-8-19-12/h2-7H,8H2,1H3/b14-7+. The maximum absolute atomic E-state index is 12.7. The zero-order valence-electron chi connectivity index (χ0n) is 12.1. The Morgan fingerprint density at radius 2 is 2.04 bits per heavy atom. The van der Waals surface area contributed by atoms with Crippen LogP contribution in [-0.2, 0) is 4.79 Å². The van der Waals surface area contributed by atoms with E-state index in [0.717, 1.165) is 4.88 Å². The highest BCUT2D eigenvalue weighted by molar-refractivity contribution is 8.27. The molecule has 2 aromatic rings. The Bertz CT molecular complexity index is 856. The zero-order valence-corrected chi connectivity index (χ0v) is 14.5. The molecule has 1 aromatic heterocycles. The van der Waals surface area contributed by atoms with E-state index in [9.17, 15) is 4.79 Å². The number of ether oxygens (including phenoxy) is 2. The van der Waals surface area contributed by atoms with Crippen molar-refractivity contribution in [3.8, 4) is 11.5 Å². The van der Waals surface area contributed by atoms with E-state index in [-0.39, 0.29) is 12.7 Å². The summed E-state index contributed by atoms with van der Waals surface area (Å²) in [5.74, 6) is 1.21. The van der Waals surface area contributed by atoms with E-state index in [1.54, 1.807) is 23.5 Å². The normalized spacial score (nSPS) is 18.3. The van der Waals surface area contributed by atoms with Crippen molar-refractivity contribution in [2.75, 3.05) is 11.7 Å². The molecular formula is C16H11NO3S3. The molecule has 116 valence electrons. The summed E-state index contributed by atoms with van der Waals surface area (Å²) in [6, 6.07) is 9.44. The van der Waals surface area contributed by atoms with Crippen molar-refractivity contribution in [2.45, 2.75) is 6.92 Å². The summed E-state index contributed by atoms with van der Waals surface area (Å²) in [4.78, 5) is 17.1. The molecule has 0 unspecified atom stereocenters. The summed E-state index contributed by atoms with van der Waals surface area (Å²) in [7, 11) is 0. The van der Waals surface area contributed by atoms with Gasteiger partial charge in [0.15, 0.2) is 15.8 Å². The molecule has 2 aliphatic heterocycles. The quantitative estimate of drug-likeness (QED) is 0.592. The highest BCUT2D eigenvalue weighted by Gasteiger charge is 2.34. The number of carbonyl (C=O) groups excluding carboxylic acids is 1. The summed E-state index contributed by atoms with van der Waals surface area (Å²) < 4.78 is 11.2. The predicted octanol–water partition coefficient (Wildman–Crippen LogP) is 4.19. The van der Waals surface area contributed by atoms with Crippen LogP contribution in [0.1, 0.15) is 9.75 Å². The van der Waals surface area contributed by atoms with E-state index in [2.05, 4.69) is 0 Å². The third kappa shape index (κ3) is 2.65.